The van der Waals surface area contributed by atoms with Gasteiger partial charge in [-0.05, 0) is 32.1 Å². The van der Waals surface area contributed by atoms with Gasteiger partial charge in [0.25, 0.3) is 0 Å². The van der Waals surface area contributed by atoms with Crippen molar-refractivity contribution in [3.8, 4) is 0 Å². The molecule has 0 bridgehead atoms. The summed E-state index contributed by atoms with van der Waals surface area (Å²) in [5, 5.41) is 9.12. The number of carbonyl (C=O) groups excluding carboxylic acids is 1. The highest BCUT2D eigenvalue weighted by atomic mass is 16.3. The van der Waals surface area contributed by atoms with Gasteiger partial charge >= 0.3 is 0 Å². The van der Waals surface area contributed by atoms with Crippen LogP contribution < -0.4 is 0 Å². The van der Waals surface area contributed by atoms with E-state index in [1.807, 2.05) is 4.90 Å². The summed E-state index contributed by atoms with van der Waals surface area (Å²) < 4.78 is 0. The molecule has 1 unspecified atom stereocenters. The highest BCUT2D eigenvalue weighted by Gasteiger charge is 2.27. The number of rotatable bonds is 6. The molecule has 0 fully saturated rings. The van der Waals surface area contributed by atoms with Crippen molar-refractivity contribution in [2.24, 2.45) is 5.92 Å². The Morgan fingerprint density at radius 1 is 1.41 bits per heavy atom. The largest absolute Gasteiger partial charge is 0.395 e. The van der Waals surface area contributed by atoms with E-state index in [-0.39, 0.29) is 24.5 Å². The van der Waals surface area contributed by atoms with Crippen molar-refractivity contribution < 1.29 is 9.90 Å². The summed E-state index contributed by atoms with van der Waals surface area (Å²) in [6.45, 7) is 4.75. The molecule has 98 valence electrons. The molecule has 0 spiro atoms. The van der Waals surface area contributed by atoms with Gasteiger partial charge in [0.05, 0.1) is 6.61 Å². The number of carbonyl (C=O) groups is 1. The van der Waals surface area contributed by atoms with Gasteiger partial charge in [0.15, 0.2) is 0 Å². The van der Waals surface area contributed by atoms with E-state index >= 15 is 0 Å². The van der Waals surface area contributed by atoms with E-state index in [0.29, 0.717) is 6.54 Å². The van der Waals surface area contributed by atoms with Crippen LogP contribution in [0.5, 0.6) is 0 Å². The van der Waals surface area contributed by atoms with E-state index in [2.05, 4.69) is 26.0 Å². The Hall–Kier alpha value is -0.830. The van der Waals surface area contributed by atoms with Crippen LogP contribution in [-0.2, 0) is 4.79 Å². The zero-order valence-electron chi connectivity index (χ0n) is 11.1. The first-order valence-corrected chi connectivity index (χ1v) is 6.80. The van der Waals surface area contributed by atoms with Gasteiger partial charge < -0.3 is 10.0 Å². The van der Waals surface area contributed by atoms with Crippen molar-refractivity contribution in [2.75, 3.05) is 13.2 Å². The van der Waals surface area contributed by atoms with Gasteiger partial charge in [0, 0.05) is 18.5 Å². The van der Waals surface area contributed by atoms with Gasteiger partial charge in [-0.1, -0.05) is 26.0 Å². The van der Waals surface area contributed by atoms with Crippen LogP contribution in [0.25, 0.3) is 0 Å². The van der Waals surface area contributed by atoms with Crippen LogP contribution in [0.15, 0.2) is 12.2 Å². The lowest BCUT2D eigenvalue weighted by atomic mass is 9.92. The summed E-state index contributed by atoms with van der Waals surface area (Å²) in [7, 11) is 0. The average Bonchev–Trinajstić information content (AvgIpc) is 2.39. The molecular formula is C14H25NO2. The molecule has 1 aliphatic carbocycles. The predicted molar refractivity (Wildman–Crippen MR) is 69.6 cm³/mol. The number of nitrogens with zero attached hydrogens (tertiary/aromatic N) is 1. The number of aliphatic hydroxyl groups excluding tert-OH is 1. The fraction of sp³-hybridized carbons (Fsp3) is 0.786. The molecule has 0 aromatic heterocycles. The molecule has 0 heterocycles. The van der Waals surface area contributed by atoms with Crippen LogP contribution in [0.3, 0.4) is 0 Å². The number of allylic oxidation sites excluding steroid dienone is 2. The van der Waals surface area contributed by atoms with Crippen LogP contribution in [0.1, 0.15) is 46.0 Å². The Balaban J connectivity index is 2.67. The fourth-order valence-corrected chi connectivity index (χ4v) is 2.56. The molecule has 3 nitrogen and oxygen atoms in total. The summed E-state index contributed by atoms with van der Waals surface area (Å²) in [4.78, 5) is 14.3. The Morgan fingerprint density at radius 3 is 2.59 bits per heavy atom. The maximum Gasteiger partial charge on any atom is 0.226 e. The summed E-state index contributed by atoms with van der Waals surface area (Å²) in [5.41, 5.74) is 0. The molecule has 0 saturated heterocycles. The third-order valence-electron chi connectivity index (χ3n) is 3.63. The minimum absolute atomic E-state index is 0.0603. The van der Waals surface area contributed by atoms with Crippen LogP contribution >= 0.6 is 0 Å². The van der Waals surface area contributed by atoms with Gasteiger partial charge in [-0.3, -0.25) is 4.79 Å². The number of amides is 1. The van der Waals surface area contributed by atoms with Crippen molar-refractivity contribution in [3.05, 3.63) is 12.2 Å². The van der Waals surface area contributed by atoms with E-state index in [0.717, 1.165) is 32.1 Å². The molecule has 0 aromatic carbocycles. The normalized spacial score (nSPS) is 19.6. The fourth-order valence-electron chi connectivity index (χ4n) is 2.56. The first-order chi connectivity index (χ1) is 8.24. The second-order valence-corrected chi connectivity index (χ2v) is 4.71. The topological polar surface area (TPSA) is 40.5 Å². The minimum Gasteiger partial charge on any atom is -0.395 e. The van der Waals surface area contributed by atoms with E-state index in [1.165, 1.54) is 0 Å². The Labute approximate surface area is 105 Å². The minimum atomic E-state index is 0.0603. The molecule has 0 radical (unpaired) electrons. The zero-order chi connectivity index (χ0) is 12.7. The summed E-state index contributed by atoms with van der Waals surface area (Å²) in [6, 6.07) is 0.278. The monoisotopic (exact) mass is 239 g/mol. The molecule has 1 rings (SSSR count). The van der Waals surface area contributed by atoms with Crippen molar-refractivity contribution in [3.63, 3.8) is 0 Å². The van der Waals surface area contributed by atoms with Gasteiger partial charge in [-0.25, -0.2) is 0 Å². The first-order valence-electron chi connectivity index (χ1n) is 6.80. The molecule has 1 atom stereocenters. The Bertz CT molecular complexity index is 259. The summed E-state index contributed by atoms with van der Waals surface area (Å²) in [5.74, 6) is 0.365. The molecule has 1 aliphatic rings. The van der Waals surface area contributed by atoms with E-state index < -0.39 is 0 Å². The third-order valence-corrected chi connectivity index (χ3v) is 3.63. The zero-order valence-corrected chi connectivity index (χ0v) is 11.1. The van der Waals surface area contributed by atoms with E-state index in [1.54, 1.807) is 0 Å². The molecule has 17 heavy (non-hydrogen) atoms. The number of hydrogen-bond acceptors (Lipinski definition) is 2. The molecule has 0 aliphatic heterocycles. The van der Waals surface area contributed by atoms with Crippen molar-refractivity contribution in [2.45, 2.75) is 52.0 Å². The SMILES string of the molecule is CCC(CC)N(CCO)C(=O)C1CC=CCC1. The molecular weight excluding hydrogens is 214 g/mol. The van der Waals surface area contributed by atoms with Gasteiger partial charge in [-0.2, -0.15) is 0 Å². The van der Waals surface area contributed by atoms with Gasteiger partial charge in [-0.15, -0.1) is 0 Å². The first kappa shape index (κ1) is 14.2. The molecule has 1 N–H and O–H groups in total. The highest BCUT2D eigenvalue weighted by Crippen LogP contribution is 2.22. The quantitative estimate of drug-likeness (QED) is 0.723. The maximum atomic E-state index is 12.4. The average molecular weight is 239 g/mol. The Morgan fingerprint density at radius 2 is 2.12 bits per heavy atom. The third kappa shape index (κ3) is 3.84. The second kappa shape index (κ2) is 7.49. The van der Waals surface area contributed by atoms with Crippen molar-refractivity contribution >= 4 is 5.91 Å². The predicted octanol–water partition coefficient (Wildman–Crippen LogP) is 2.35. The lowest BCUT2D eigenvalue weighted by Gasteiger charge is -2.33. The van der Waals surface area contributed by atoms with Crippen LogP contribution in [0.2, 0.25) is 0 Å². The van der Waals surface area contributed by atoms with E-state index in [9.17, 15) is 4.79 Å². The smallest absolute Gasteiger partial charge is 0.226 e. The molecule has 1 amide bonds. The molecule has 0 saturated carbocycles. The van der Waals surface area contributed by atoms with Gasteiger partial charge in [0.2, 0.25) is 5.91 Å². The van der Waals surface area contributed by atoms with Gasteiger partial charge in [0.1, 0.15) is 0 Å². The van der Waals surface area contributed by atoms with Crippen LogP contribution in [0, 0.1) is 5.92 Å². The standard InChI is InChI=1S/C14H25NO2/c1-3-13(4-2)15(10-11-16)14(17)12-8-6-5-7-9-12/h5-6,12-13,16H,3-4,7-11H2,1-2H3. The molecule has 3 heteroatoms. The number of hydrogen-bond donors (Lipinski definition) is 1. The lowest BCUT2D eigenvalue weighted by molar-refractivity contribution is -0.139. The maximum absolute atomic E-state index is 12.4. The number of aliphatic hydroxyl groups is 1. The van der Waals surface area contributed by atoms with Crippen molar-refractivity contribution in [1.29, 1.82) is 0 Å². The van der Waals surface area contributed by atoms with Crippen LogP contribution in [-0.4, -0.2) is 35.1 Å². The van der Waals surface area contributed by atoms with E-state index in [4.69, 9.17) is 5.11 Å². The Kier molecular flexibility index (Phi) is 6.27. The van der Waals surface area contributed by atoms with Crippen LogP contribution in [0.4, 0.5) is 0 Å². The molecule has 0 aromatic rings. The van der Waals surface area contributed by atoms with Crippen molar-refractivity contribution in [1.82, 2.24) is 4.90 Å². The summed E-state index contributed by atoms with van der Waals surface area (Å²) in [6.07, 6.45) is 9.01. The lowest BCUT2D eigenvalue weighted by Crippen LogP contribution is -2.44. The highest BCUT2D eigenvalue weighted by molar-refractivity contribution is 5.79. The second-order valence-electron chi connectivity index (χ2n) is 4.71. The summed E-state index contributed by atoms with van der Waals surface area (Å²) >= 11 is 0.